The number of amides is 1. The molecule has 1 amide bonds. The fraction of sp³-hybridized carbons (Fsp3) is 0.200. The average molecular weight is 397 g/mol. The third kappa shape index (κ3) is 3.70. The van der Waals surface area contributed by atoms with E-state index in [1.807, 2.05) is 6.07 Å². The topological polar surface area (TPSA) is 105 Å². The Balaban J connectivity index is 1.86. The Morgan fingerprint density at radius 1 is 1.21 bits per heavy atom. The molecule has 8 heteroatoms. The molecule has 1 atom stereocenters. The summed E-state index contributed by atoms with van der Waals surface area (Å²) in [6.45, 7) is 3.41. The minimum Gasteiger partial charge on any atom is -0.443 e. The predicted molar refractivity (Wildman–Crippen MR) is 103 cm³/mol. The molecule has 2 heterocycles. The molecular weight excluding hydrogens is 378 g/mol. The standard InChI is InChI=1S/C20H19N3O4S/c1-13(15-6-8-16(9-7-15)28(3,25)26)22-19(24)18-14(2)27-20(17(18)12-21)23-10-4-5-11-23/h4-11,13H,1-3H3,(H,22,24)/t13-/m1/s1. The lowest BCUT2D eigenvalue weighted by molar-refractivity contribution is 0.0938. The van der Waals surface area contributed by atoms with Crippen LogP contribution in [0.2, 0.25) is 0 Å². The van der Waals surface area contributed by atoms with Crippen LogP contribution in [-0.4, -0.2) is 25.1 Å². The van der Waals surface area contributed by atoms with E-state index in [-0.39, 0.29) is 16.0 Å². The van der Waals surface area contributed by atoms with E-state index in [2.05, 4.69) is 5.32 Å². The summed E-state index contributed by atoms with van der Waals surface area (Å²) >= 11 is 0. The van der Waals surface area contributed by atoms with Gasteiger partial charge in [-0.25, -0.2) is 8.42 Å². The summed E-state index contributed by atoms with van der Waals surface area (Å²) in [5.74, 6) is 0.202. The first-order valence-corrected chi connectivity index (χ1v) is 10.4. The number of furan rings is 1. The second-order valence-electron chi connectivity index (χ2n) is 6.45. The summed E-state index contributed by atoms with van der Waals surface area (Å²) in [5.41, 5.74) is 1.09. The zero-order valence-corrected chi connectivity index (χ0v) is 16.4. The van der Waals surface area contributed by atoms with Gasteiger partial charge in [-0.05, 0) is 43.7 Å². The van der Waals surface area contributed by atoms with Crippen LogP contribution in [0.4, 0.5) is 0 Å². The molecule has 2 aromatic heterocycles. The SMILES string of the molecule is Cc1oc(-n2cccc2)c(C#N)c1C(=O)N[C@H](C)c1ccc(S(C)(=O)=O)cc1. The van der Waals surface area contributed by atoms with E-state index in [4.69, 9.17) is 4.42 Å². The Labute approximate surface area is 163 Å². The maximum atomic E-state index is 12.8. The van der Waals surface area contributed by atoms with Crippen molar-refractivity contribution in [3.63, 3.8) is 0 Å². The predicted octanol–water partition coefficient (Wildman–Crippen LogP) is 3.14. The van der Waals surface area contributed by atoms with Crippen LogP contribution in [0.1, 0.15) is 40.2 Å². The molecule has 0 aliphatic carbocycles. The van der Waals surface area contributed by atoms with Crippen LogP contribution in [0.25, 0.3) is 5.88 Å². The van der Waals surface area contributed by atoms with Gasteiger partial charge in [0.2, 0.25) is 5.88 Å². The van der Waals surface area contributed by atoms with Gasteiger partial charge in [-0.3, -0.25) is 9.36 Å². The highest BCUT2D eigenvalue weighted by molar-refractivity contribution is 7.90. The molecule has 0 radical (unpaired) electrons. The summed E-state index contributed by atoms with van der Waals surface area (Å²) < 4.78 is 30.4. The number of benzene rings is 1. The van der Waals surface area contributed by atoms with E-state index in [1.54, 1.807) is 55.1 Å². The van der Waals surface area contributed by atoms with E-state index < -0.39 is 21.8 Å². The Kier molecular flexibility index (Phi) is 5.12. The molecule has 7 nitrogen and oxygen atoms in total. The van der Waals surface area contributed by atoms with Crippen LogP contribution in [0.3, 0.4) is 0 Å². The molecule has 0 saturated carbocycles. The molecule has 0 bridgehead atoms. The number of aryl methyl sites for hydroxylation is 1. The summed E-state index contributed by atoms with van der Waals surface area (Å²) in [7, 11) is -3.28. The average Bonchev–Trinajstić information content (AvgIpc) is 3.28. The van der Waals surface area contributed by atoms with Crippen molar-refractivity contribution in [1.82, 2.24) is 9.88 Å². The maximum Gasteiger partial charge on any atom is 0.256 e. The number of sulfone groups is 1. The van der Waals surface area contributed by atoms with Gasteiger partial charge in [0.15, 0.2) is 9.84 Å². The van der Waals surface area contributed by atoms with Gasteiger partial charge in [0.1, 0.15) is 23.0 Å². The molecular formula is C20H19N3O4S. The second kappa shape index (κ2) is 7.37. The number of hydrogen-bond acceptors (Lipinski definition) is 5. The lowest BCUT2D eigenvalue weighted by Crippen LogP contribution is -2.27. The molecule has 0 aliphatic rings. The number of nitrogens with zero attached hydrogens (tertiary/aromatic N) is 2. The highest BCUT2D eigenvalue weighted by Crippen LogP contribution is 2.26. The zero-order valence-electron chi connectivity index (χ0n) is 15.6. The fourth-order valence-corrected chi connectivity index (χ4v) is 3.55. The van der Waals surface area contributed by atoms with Crippen LogP contribution in [-0.2, 0) is 9.84 Å². The van der Waals surface area contributed by atoms with Crippen molar-refractivity contribution in [2.75, 3.05) is 6.26 Å². The van der Waals surface area contributed by atoms with Gasteiger partial charge >= 0.3 is 0 Å². The quantitative estimate of drug-likeness (QED) is 0.712. The number of nitriles is 1. The molecule has 28 heavy (non-hydrogen) atoms. The number of hydrogen-bond donors (Lipinski definition) is 1. The minimum absolute atomic E-state index is 0.158. The highest BCUT2D eigenvalue weighted by Gasteiger charge is 2.25. The molecule has 0 fully saturated rings. The number of nitrogens with one attached hydrogen (secondary N) is 1. The molecule has 144 valence electrons. The Bertz CT molecular complexity index is 1150. The van der Waals surface area contributed by atoms with Crippen LogP contribution >= 0.6 is 0 Å². The molecule has 0 aliphatic heterocycles. The van der Waals surface area contributed by atoms with Gasteiger partial charge in [-0.2, -0.15) is 5.26 Å². The fourth-order valence-electron chi connectivity index (χ4n) is 2.91. The zero-order chi connectivity index (χ0) is 20.5. The van der Waals surface area contributed by atoms with Crippen molar-refractivity contribution in [1.29, 1.82) is 5.26 Å². The van der Waals surface area contributed by atoms with Crippen LogP contribution in [0, 0.1) is 18.3 Å². The third-order valence-corrected chi connectivity index (χ3v) is 5.53. The second-order valence-corrected chi connectivity index (χ2v) is 8.47. The molecule has 0 spiro atoms. The molecule has 3 rings (SSSR count). The van der Waals surface area contributed by atoms with Gasteiger partial charge in [0.25, 0.3) is 5.91 Å². The third-order valence-electron chi connectivity index (χ3n) is 4.40. The summed E-state index contributed by atoms with van der Waals surface area (Å²) in [6, 6.07) is 11.6. The van der Waals surface area contributed by atoms with Crippen LogP contribution in [0.5, 0.6) is 0 Å². The monoisotopic (exact) mass is 397 g/mol. The largest absolute Gasteiger partial charge is 0.443 e. The van der Waals surface area contributed by atoms with Gasteiger partial charge in [0, 0.05) is 18.6 Å². The van der Waals surface area contributed by atoms with Crippen molar-refractivity contribution in [3.8, 4) is 12.0 Å². The number of aromatic nitrogens is 1. The van der Waals surface area contributed by atoms with E-state index in [0.717, 1.165) is 11.8 Å². The van der Waals surface area contributed by atoms with E-state index in [0.29, 0.717) is 11.6 Å². The first kappa shape index (κ1) is 19.5. The van der Waals surface area contributed by atoms with Crippen LogP contribution < -0.4 is 5.32 Å². The maximum absolute atomic E-state index is 12.8. The first-order chi connectivity index (χ1) is 13.2. The number of rotatable bonds is 5. The van der Waals surface area contributed by atoms with Crippen molar-refractivity contribution in [3.05, 3.63) is 71.2 Å². The lowest BCUT2D eigenvalue weighted by Gasteiger charge is -2.14. The van der Waals surface area contributed by atoms with Crippen molar-refractivity contribution >= 4 is 15.7 Å². The van der Waals surface area contributed by atoms with Crippen molar-refractivity contribution in [2.24, 2.45) is 0 Å². The molecule has 3 aromatic rings. The van der Waals surface area contributed by atoms with Gasteiger partial charge < -0.3 is 9.73 Å². The molecule has 1 N–H and O–H groups in total. The minimum atomic E-state index is -3.28. The Morgan fingerprint density at radius 3 is 2.36 bits per heavy atom. The van der Waals surface area contributed by atoms with E-state index in [1.165, 1.54) is 12.1 Å². The summed E-state index contributed by atoms with van der Waals surface area (Å²) in [6.07, 6.45) is 4.60. The highest BCUT2D eigenvalue weighted by atomic mass is 32.2. The van der Waals surface area contributed by atoms with Crippen molar-refractivity contribution in [2.45, 2.75) is 24.8 Å². The normalized spacial score (nSPS) is 12.4. The lowest BCUT2D eigenvalue weighted by atomic mass is 10.1. The Morgan fingerprint density at radius 2 is 1.82 bits per heavy atom. The molecule has 1 aromatic carbocycles. The molecule has 0 saturated heterocycles. The Hall–Kier alpha value is -3.31. The first-order valence-electron chi connectivity index (χ1n) is 8.50. The van der Waals surface area contributed by atoms with Gasteiger partial charge in [0.05, 0.1) is 10.9 Å². The summed E-state index contributed by atoms with van der Waals surface area (Å²) in [4.78, 5) is 13.0. The van der Waals surface area contributed by atoms with Gasteiger partial charge in [-0.15, -0.1) is 0 Å². The van der Waals surface area contributed by atoms with E-state index in [9.17, 15) is 18.5 Å². The molecule has 0 unspecified atom stereocenters. The van der Waals surface area contributed by atoms with Crippen molar-refractivity contribution < 1.29 is 17.6 Å². The summed E-state index contributed by atoms with van der Waals surface area (Å²) in [5, 5.41) is 12.4. The smallest absolute Gasteiger partial charge is 0.256 e. The van der Waals surface area contributed by atoms with Crippen LogP contribution in [0.15, 0.2) is 58.1 Å². The number of carbonyl (C=O) groups is 1. The number of carbonyl (C=O) groups excluding carboxylic acids is 1. The van der Waals surface area contributed by atoms with Gasteiger partial charge in [-0.1, -0.05) is 12.1 Å². The van der Waals surface area contributed by atoms with E-state index >= 15 is 0 Å².